The van der Waals surface area contributed by atoms with E-state index in [4.69, 9.17) is 0 Å². The van der Waals surface area contributed by atoms with E-state index in [1.807, 2.05) is 0 Å². The number of amides is 2. The molecular weight excluding hydrogens is 388 g/mol. The van der Waals surface area contributed by atoms with E-state index in [9.17, 15) is 18.0 Å². The van der Waals surface area contributed by atoms with Gasteiger partial charge in [0, 0.05) is 30.4 Å². The van der Waals surface area contributed by atoms with Crippen LogP contribution in [0, 0.1) is 0 Å². The highest BCUT2D eigenvalue weighted by Gasteiger charge is 2.30. The first-order valence-corrected chi connectivity index (χ1v) is 11.5. The summed E-state index contributed by atoms with van der Waals surface area (Å²) in [7, 11) is -3.37. The van der Waals surface area contributed by atoms with Crippen molar-refractivity contribution in [3.63, 3.8) is 0 Å². The monoisotopic (exact) mass is 412 g/mol. The van der Waals surface area contributed by atoms with Gasteiger partial charge in [0.05, 0.1) is 10.1 Å². The molecule has 2 aliphatic rings. The molecule has 2 amide bonds. The number of nitrogens with zero attached hydrogens (tertiary/aromatic N) is 1. The lowest BCUT2D eigenvalue weighted by Crippen LogP contribution is -2.25. The average Bonchev–Trinajstić information content (AvgIpc) is 3.38. The third-order valence-electron chi connectivity index (χ3n) is 5.78. The summed E-state index contributed by atoms with van der Waals surface area (Å²) in [6.45, 7) is 2.15. The van der Waals surface area contributed by atoms with Gasteiger partial charge in [0.2, 0.25) is 5.91 Å². The fourth-order valence-corrected chi connectivity index (χ4v) is 6.11. The number of hydrogen-bond acceptors (Lipinski definition) is 4. The summed E-state index contributed by atoms with van der Waals surface area (Å²) in [5.41, 5.74) is 2.75. The Morgan fingerprint density at radius 1 is 1.07 bits per heavy atom. The zero-order chi connectivity index (χ0) is 20.6. The van der Waals surface area contributed by atoms with Crippen molar-refractivity contribution in [2.45, 2.75) is 49.2 Å². The first-order valence-electron chi connectivity index (χ1n) is 9.92. The second kappa shape index (κ2) is 7.63. The smallest absolute Gasteiger partial charge is 0.255 e. The van der Waals surface area contributed by atoms with Crippen LogP contribution in [0.15, 0.2) is 47.4 Å². The molecule has 0 saturated heterocycles. The minimum absolute atomic E-state index is 0.0127. The Balaban J connectivity index is 1.53. The standard InChI is InChI=1S/C22H24N2O4S/c1-15(25)24-12-11-16-13-17(9-10-21(16)24)22(26)23-18-5-4-8-20(14-18)29(27,28)19-6-2-3-7-19/h4-5,8-10,13-14,19H,2-3,6-7,11-12H2,1H3,(H,23,26). The van der Waals surface area contributed by atoms with E-state index in [1.165, 1.54) is 13.0 Å². The van der Waals surface area contributed by atoms with Crippen molar-refractivity contribution in [2.24, 2.45) is 0 Å². The molecule has 152 valence electrons. The number of fused-ring (bicyclic) bond motifs is 1. The number of carbonyl (C=O) groups excluding carboxylic acids is 2. The molecule has 1 aliphatic carbocycles. The molecule has 1 aliphatic heterocycles. The van der Waals surface area contributed by atoms with Gasteiger partial charge in [0.25, 0.3) is 5.91 Å². The second-order valence-electron chi connectivity index (χ2n) is 7.70. The highest BCUT2D eigenvalue weighted by atomic mass is 32.2. The van der Waals surface area contributed by atoms with Crippen LogP contribution in [0.5, 0.6) is 0 Å². The topological polar surface area (TPSA) is 83.6 Å². The quantitative estimate of drug-likeness (QED) is 0.832. The van der Waals surface area contributed by atoms with Gasteiger partial charge < -0.3 is 10.2 Å². The highest BCUT2D eigenvalue weighted by molar-refractivity contribution is 7.92. The zero-order valence-electron chi connectivity index (χ0n) is 16.3. The maximum atomic E-state index is 12.8. The summed E-state index contributed by atoms with van der Waals surface area (Å²) in [5.74, 6) is -0.314. The second-order valence-corrected chi connectivity index (χ2v) is 9.93. The Morgan fingerprint density at radius 3 is 2.55 bits per heavy atom. The Labute approximate surface area is 170 Å². The van der Waals surface area contributed by atoms with Crippen molar-refractivity contribution in [3.05, 3.63) is 53.6 Å². The molecular formula is C22H24N2O4S. The van der Waals surface area contributed by atoms with Gasteiger partial charge >= 0.3 is 0 Å². The van der Waals surface area contributed by atoms with Gasteiger partial charge in [-0.2, -0.15) is 0 Å². The van der Waals surface area contributed by atoms with Gasteiger partial charge in [-0.3, -0.25) is 9.59 Å². The molecule has 1 fully saturated rings. The summed E-state index contributed by atoms with van der Waals surface area (Å²) in [6, 6.07) is 11.8. The summed E-state index contributed by atoms with van der Waals surface area (Å²) in [5, 5.41) is 2.48. The fourth-order valence-electron chi connectivity index (χ4n) is 4.22. The molecule has 1 saturated carbocycles. The molecule has 0 bridgehead atoms. The average molecular weight is 413 g/mol. The van der Waals surface area contributed by atoms with E-state index in [1.54, 1.807) is 41.3 Å². The van der Waals surface area contributed by atoms with Gasteiger partial charge in [0.15, 0.2) is 9.84 Å². The van der Waals surface area contributed by atoms with Crippen molar-refractivity contribution >= 4 is 33.0 Å². The molecule has 1 heterocycles. The Kier molecular flexibility index (Phi) is 5.17. The molecule has 1 N–H and O–H groups in total. The molecule has 7 heteroatoms. The molecule has 2 aromatic rings. The van der Waals surface area contributed by atoms with Crippen molar-refractivity contribution in [2.75, 3.05) is 16.8 Å². The molecule has 29 heavy (non-hydrogen) atoms. The van der Waals surface area contributed by atoms with E-state index in [0.717, 1.165) is 24.1 Å². The number of nitrogens with one attached hydrogen (secondary N) is 1. The number of hydrogen-bond donors (Lipinski definition) is 1. The number of benzene rings is 2. The highest BCUT2D eigenvalue weighted by Crippen LogP contribution is 2.31. The maximum absolute atomic E-state index is 12.8. The van der Waals surface area contributed by atoms with Crippen LogP contribution in [0.25, 0.3) is 0 Å². The van der Waals surface area contributed by atoms with E-state index >= 15 is 0 Å². The predicted octanol–water partition coefficient (Wildman–Crippen LogP) is 3.56. The number of rotatable bonds is 4. The minimum Gasteiger partial charge on any atom is -0.322 e. The molecule has 4 rings (SSSR count). The SMILES string of the molecule is CC(=O)N1CCc2cc(C(=O)Nc3cccc(S(=O)(=O)C4CCCC4)c3)ccc21. The van der Waals surface area contributed by atoms with Crippen LogP contribution in [-0.4, -0.2) is 32.0 Å². The molecule has 0 aromatic heterocycles. The van der Waals surface area contributed by atoms with Crippen LogP contribution in [0.1, 0.15) is 48.5 Å². The first-order chi connectivity index (χ1) is 13.9. The lowest BCUT2D eigenvalue weighted by atomic mass is 10.1. The lowest BCUT2D eigenvalue weighted by Gasteiger charge is -2.15. The van der Waals surface area contributed by atoms with Gasteiger partial charge in [-0.05, 0) is 61.2 Å². The molecule has 0 unspecified atom stereocenters. The van der Waals surface area contributed by atoms with Crippen LogP contribution in [0.3, 0.4) is 0 Å². The maximum Gasteiger partial charge on any atom is 0.255 e. The minimum atomic E-state index is -3.37. The third kappa shape index (κ3) is 3.79. The van der Waals surface area contributed by atoms with Crippen LogP contribution in [0.4, 0.5) is 11.4 Å². The van der Waals surface area contributed by atoms with Crippen molar-refractivity contribution < 1.29 is 18.0 Å². The van der Waals surface area contributed by atoms with E-state index < -0.39 is 9.84 Å². The van der Waals surface area contributed by atoms with Gasteiger partial charge in [-0.25, -0.2) is 8.42 Å². The van der Waals surface area contributed by atoms with Gasteiger partial charge in [-0.1, -0.05) is 18.9 Å². The molecule has 6 nitrogen and oxygen atoms in total. The molecule has 2 aromatic carbocycles. The van der Waals surface area contributed by atoms with E-state index in [-0.39, 0.29) is 22.0 Å². The first kappa shape index (κ1) is 19.6. The molecule has 0 radical (unpaired) electrons. The largest absolute Gasteiger partial charge is 0.322 e. The zero-order valence-corrected chi connectivity index (χ0v) is 17.2. The van der Waals surface area contributed by atoms with Crippen molar-refractivity contribution in [3.8, 4) is 0 Å². The fraction of sp³-hybridized carbons (Fsp3) is 0.364. The summed E-state index contributed by atoms with van der Waals surface area (Å²) in [4.78, 5) is 26.3. The van der Waals surface area contributed by atoms with Gasteiger partial charge in [0.1, 0.15) is 0 Å². The Bertz CT molecular complexity index is 1070. The van der Waals surface area contributed by atoms with Crippen molar-refractivity contribution in [1.29, 1.82) is 0 Å². The molecule has 0 spiro atoms. The third-order valence-corrected chi connectivity index (χ3v) is 8.04. The van der Waals surface area contributed by atoms with E-state index in [2.05, 4.69) is 5.32 Å². The number of carbonyl (C=O) groups is 2. The summed E-state index contributed by atoms with van der Waals surface area (Å²) >= 11 is 0. The van der Waals surface area contributed by atoms with Gasteiger partial charge in [-0.15, -0.1) is 0 Å². The number of anilines is 2. The predicted molar refractivity (Wildman–Crippen MR) is 112 cm³/mol. The van der Waals surface area contributed by atoms with Crippen LogP contribution in [-0.2, 0) is 21.1 Å². The number of sulfone groups is 1. The molecule has 0 atom stereocenters. The van der Waals surface area contributed by atoms with Crippen molar-refractivity contribution in [1.82, 2.24) is 0 Å². The Hall–Kier alpha value is -2.67. The Morgan fingerprint density at radius 2 is 1.83 bits per heavy atom. The van der Waals surface area contributed by atoms with Crippen LogP contribution < -0.4 is 10.2 Å². The van der Waals surface area contributed by atoms with Crippen LogP contribution in [0.2, 0.25) is 0 Å². The summed E-state index contributed by atoms with van der Waals surface area (Å²) < 4.78 is 25.6. The normalized spacial score (nSPS) is 16.7. The summed E-state index contributed by atoms with van der Waals surface area (Å²) in [6.07, 6.45) is 4.00. The van der Waals surface area contributed by atoms with Crippen LogP contribution >= 0.6 is 0 Å². The van der Waals surface area contributed by atoms with E-state index in [0.29, 0.717) is 37.1 Å². The lowest BCUT2D eigenvalue weighted by molar-refractivity contribution is -0.116.